The van der Waals surface area contributed by atoms with Crippen molar-refractivity contribution >= 4 is 23.7 Å². The fraction of sp³-hybridized carbons (Fsp3) is 0.143. The molecule has 0 aromatic carbocycles. The quantitative estimate of drug-likeness (QED) is 0.666. The standard InChI is InChI=1S/C7H8N4.ClH/c1-5-2-3-9-7-6(8)4-10-11(5)7;/h2-4H,8H2,1H3;1H. The van der Waals surface area contributed by atoms with Crippen molar-refractivity contribution in [3.8, 4) is 0 Å². The van der Waals surface area contributed by atoms with Crippen molar-refractivity contribution in [1.29, 1.82) is 0 Å². The molecular weight excluding hydrogens is 176 g/mol. The smallest absolute Gasteiger partial charge is 0.178 e. The van der Waals surface area contributed by atoms with Gasteiger partial charge in [-0.2, -0.15) is 5.10 Å². The van der Waals surface area contributed by atoms with Crippen molar-refractivity contribution in [2.24, 2.45) is 0 Å². The number of hydrogen-bond donors (Lipinski definition) is 1. The molecule has 0 spiro atoms. The van der Waals surface area contributed by atoms with Gasteiger partial charge in [-0.3, -0.25) is 0 Å². The van der Waals surface area contributed by atoms with Gasteiger partial charge >= 0.3 is 0 Å². The molecule has 2 N–H and O–H groups in total. The molecule has 64 valence electrons. The van der Waals surface area contributed by atoms with Gasteiger partial charge in [-0.1, -0.05) is 0 Å². The normalized spacial score (nSPS) is 9.75. The van der Waals surface area contributed by atoms with Gasteiger partial charge in [0.15, 0.2) is 5.65 Å². The zero-order valence-corrected chi connectivity index (χ0v) is 7.38. The minimum atomic E-state index is 0. The Kier molecular flexibility index (Phi) is 2.19. The van der Waals surface area contributed by atoms with Crippen molar-refractivity contribution in [2.45, 2.75) is 6.92 Å². The molecule has 0 unspecified atom stereocenters. The summed E-state index contributed by atoms with van der Waals surface area (Å²) in [6.07, 6.45) is 3.33. The van der Waals surface area contributed by atoms with Crippen molar-refractivity contribution < 1.29 is 0 Å². The molecule has 0 radical (unpaired) electrons. The molecule has 2 aromatic rings. The molecule has 0 aliphatic heterocycles. The zero-order valence-electron chi connectivity index (χ0n) is 6.56. The SMILES string of the molecule is Cc1ccnc2c(N)cnn12.Cl. The van der Waals surface area contributed by atoms with Crippen molar-refractivity contribution in [3.05, 3.63) is 24.2 Å². The highest BCUT2D eigenvalue weighted by atomic mass is 35.5. The van der Waals surface area contributed by atoms with Crippen LogP contribution in [0.1, 0.15) is 5.69 Å². The van der Waals surface area contributed by atoms with Gasteiger partial charge in [0, 0.05) is 11.9 Å². The van der Waals surface area contributed by atoms with E-state index in [9.17, 15) is 0 Å². The number of aryl methyl sites for hydroxylation is 1. The third-order valence-corrected chi connectivity index (χ3v) is 1.62. The highest BCUT2D eigenvalue weighted by Gasteiger charge is 2.00. The lowest BCUT2D eigenvalue weighted by atomic mass is 10.4. The Hall–Kier alpha value is -1.29. The maximum atomic E-state index is 5.60. The molecule has 0 saturated carbocycles. The van der Waals surface area contributed by atoms with Crippen LogP contribution in [-0.4, -0.2) is 14.6 Å². The van der Waals surface area contributed by atoms with Crippen LogP contribution in [0.4, 0.5) is 5.69 Å². The Balaban J connectivity index is 0.000000720. The van der Waals surface area contributed by atoms with Gasteiger partial charge < -0.3 is 5.73 Å². The molecule has 2 heterocycles. The summed E-state index contributed by atoms with van der Waals surface area (Å²) >= 11 is 0. The Morgan fingerprint density at radius 1 is 1.50 bits per heavy atom. The predicted molar refractivity (Wildman–Crippen MR) is 49.4 cm³/mol. The lowest BCUT2D eigenvalue weighted by Gasteiger charge is -1.95. The minimum absolute atomic E-state index is 0. The van der Waals surface area contributed by atoms with E-state index in [1.165, 1.54) is 0 Å². The summed E-state index contributed by atoms with van der Waals surface area (Å²) in [5.74, 6) is 0. The van der Waals surface area contributed by atoms with Gasteiger partial charge in [0.05, 0.1) is 11.9 Å². The van der Waals surface area contributed by atoms with E-state index >= 15 is 0 Å². The lowest BCUT2D eigenvalue weighted by Crippen LogP contribution is -1.94. The van der Waals surface area contributed by atoms with Gasteiger partial charge in [-0.15, -0.1) is 12.4 Å². The third-order valence-electron chi connectivity index (χ3n) is 1.62. The molecule has 0 atom stereocenters. The molecule has 0 saturated heterocycles. The van der Waals surface area contributed by atoms with Gasteiger partial charge in [0.1, 0.15) is 0 Å². The Labute approximate surface area is 75.8 Å². The number of nitrogen functional groups attached to an aromatic ring is 1. The van der Waals surface area contributed by atoms with Crippen molar-refractivity contribution in [1.82, 2.24) is 14.6 Å². The maximum Gasteiger partial charge on any atom is 0.178 e. The minimum Gasteiger partial charge on any atom is -0.394 e. The number of fused-ring (bicyclic) bond motifs is 1. The number of anilines is 1. The summed E-state index contributed by atoms with van der Waals surface area (Å²) < 4.78 is 1.72. The molecule has 0 amide bonds. The molecule has 0 aliphatic carbocycles. The number of nitrogens with two attached hydrogens (primary N) is 1. The van der Waals surface area contributed by atoms with E-state index < -0.39 is 0 Å². The largest absolute Gasteiger partial charge is 0.394 e. The first-order chi connectivity index (χ1) is 5.29. The van der Waals surface area contributed by atoms with Crippen LogP contribution in [0.5, 0.6) is 0 Å². The second-order valence-electron chi connectivity index (χ2n) is 2.42. The summed E-state index contributed by atoms with van der Waals surface area (Å²) in [5.41, 5.74) is 7.98. The first kappa shape index (κ1) is 8.80. The van der Waals surface area contributed by atoms with E-state index in [1.54, 1.807) is 16.9 Å². The van der Waals surface area contributed by atoms with E-state index in [0.717, 1.165) is 11.3 Å². The van der Waals surface area contributed by atoms with Crippen LogP contribution >= 0.6 is 12.4 Å². The van der Waals surface area contributed by atoms with Crippen LogP contribution in [0.25, 0.3) is 5.65 Å². The van der Waals surface area contributed by atoms with Crippen molar-refractivity contribution in [3.63, 3.8) is 0 Å². The maximum absolute atomic E-state index is 5.60. The third kappa shape index (κ3) is 1.10. The van der Waals surface area contributed by atoms with Gasteiger partial charge in [0.25, 0.3) is 0 Å². The second-order valence-corrected chi connectivity index (χ2v) is 2.42. The summed E-state index contributed by atoms with van der Waals surface area (Å²) in [5, 5.41) is 4.05. The topological polar surface area (TPSA) is 56.2 Å². The summed E-state index contributed by atoms with van der Waals surface area (Å²) in [6, 6.07) is 1.89. The molecule has 2 aromatic heterocycles. The Bertz CT molecular complexity index is 395. The monoisotopic (exact) mass is 184 g/mol. The van der Waals surface area contributed by atoms with Crippen LogP contribution in [0.2, 0.25) is 0 Å². The fourth-order valence-electron chi connectivity index (χ4n) is 1.03. The van der Waals surface area contributed by atoms with Crippen molar-refractivity contribution in [2.75, 3.05) is 5.73 Å². The molecule has 2 rings (SSSR count). The lowest BCUT2D eigenvalue weighted by molar-refractivity contribution is 0.895. The molecule has 5 heteroatoms. The molecule has 12 heavy (non-hydrogen) atoms. The number of aromatic nitrogens is 3. The first-order valence-corrected chi connectivity index (χ1v) is 3.34. The number of hydrogen-bond acceptors (Lipinski definition) is 3. The highest BCUT2D eigenvalue weighted by molar-refractivity contribution is 5.85. The average Bonchev–Trinajstić information content (AvgIpc) is 2.35. The van der Waals surface area contributed by atoms with E-state index in [0.29, 0.717) is 5.69 Å². The van der Waals surface area contributed by atoms with E-state index in [1.807, 2.05) is 13.0 Å². The first-order valence-electron chi connectivity index (χ1n) is 3.34. The Morgan fingerprint density at radius 2 is 2.25 bits per heavy atom. The second kappa shape index (κ2) is 2.98. The summed E-state index contributed by atoms with van der Waals surface area (Å²) in [6.45, 7) is 1.96. The number of rotatable bonds is 0. The fourth-order valence-corrected chi connectivity index (χ4v) is 1.03. The summed E-state index contributed by atoms with van der Waals surface area (Å²) in [4.78, 5) is 4.08. The van der Waals surface area contributed by atoms with Crippen LogP contribution in [0, 0.1) is 6.92 Å². The van der Waals surface area contributed by atoms with Crippen LogP contribution < -0.4 is 5.73 Å². The predicted octanol–water partition coefficient (Wildman–Crippen LogP) is 1.04. The molecule has 0 bridgehead atoms. The van der Waals surface area contributed by atoms with E-state index in [-0.39, 0.29) is 12.4 Å². The average molecular weight is 185 g/mol. The summed E-state index contributed by atoms with van der Waals surface area (Å²) in [7, 11) is 0. The molecular formula is C7H9ClN4. The molecule has 4 nitrogen and oxygen atoms in total. The zero-order chi connectivity index (χ0) is 7.84. The molecule has 0 aliphatic rings. The van der Waals surface area contributed by atoms with Gasteiger partial charge in [-0.05, 0) is 13.0 Å². The number of halogens is 1. The van der Waals surface area contributed by atoms with Gasteiger partial charge in [0.2, 0.25) is 0 Å². The number of nitrogens with zero attached hydrogens (tertiary/aromatic N) is 3. The Morgan fingerprint density at radius 3 is 2.92 bits per heavy atom. The van der Waals surface area contributed by atoms with Crippen LogP contribution in [0.3, 0.4) is 0 Å². The highest BCUT2D eigenvalue weighted by Crippen LogP contribution is 2.09. The van der Waals surface area contributed by atoms with E-state index in [2.05, 4.69) is 10.1 Å². The molecule has 0 fully saturated rings. The van der Waals surface area contributed by atoms with E-state index in [4.69, 9.17) is 5.73 Å². The van der Waals surface area contributed by atoms with Crippen LogP contribution in [-0.2, 0) is 0 Å². The van der Waals surface area contributed by atoms with Crippen LogP contribution in [0.15, 0.2) is 18.5 Å². The van der Waals surface area contributed by atoms with Gasteiger partial charge in [-0.25, -0.2) is 9.50 Å².